The molecule has 1 heterocycles. The highest BCUT2D eigenvalue weighted by Gasteiger charge is 2.50. The fraction of sp³-hybridized carbons (Fsp3) is 0.875. The van der Waals surface area contributed by atoms with E-state index in [0.717, 1.165) is 45.3 Å². The van der Waals surface area contributed by atoms with Crippen LogP contribution in [0.3, 0.4) is 0 Å². The van der Waals surface area contributed by atoms with Crippen LogP contribution in [-0.2, 0) is 14.3 Å². The molecule has 2 saturated carbocycles. The van der Waals surface area contributed by atoms with Gasteiger partial charge in [0.1, 0.15) is 5.54 Å². The molecule has 0 atom stereocenters. The average molecular weight is 294 g/mol. The van der Waals surface area contributed by atoms with E-state index in [0.29, 0.717) is 13.0 Å². The molecule has 0 aromatic carbocycles. The standard InChI is InChI=1S/C16H26N2O3/c1-21-11-9-15(7-8-15)12-18-10-4-13(19)17-16(14(18)20)5-2-3-6-16/h2-12H2,1H3,(H,17,19). The Hall–Kier alpha value is -1.10. The Morgan fingerprint density at radius 3 is 2.52 bits per heavy atom. The summed E-state index contributed by atoms with van der Waals surface area (Å²) in [4.78, 5) is 26.9. The van der Waals surface area contributed by atoms with E-state index < -0.39 is 5.54 Å². The van der Waals surface area contributed by atoms with E-state index in [-0.39, 0.29) is 17.2 Å². The summed E-state index contributed by atoms with van der Waals surface area (Å²) >= 11 is 0. The molecule has 1 spiro atoms. The van der Waals surface area contributed by atoms with E-state index in [2.05, 4.69) is 5.32 Å². The Labute approximate surface area is 126 Å². The van der Waals surface area contributed by atoms with E-state index in [9.17, 15) is 9.59 Å². The maximum absolute atomic E-state index is 13.0. The number of methoxy groups -OCH3 is 1. The first-order chi connectivity index (χ1) is 10.1. The number of nitrogens with one attached hydrogen (secondary N) is 1. The number of carbonyl (C=O) groups excluding carboxylic acids is 2. The maximum atomic E-state index is 13.0. The molecule has 0 radical (unpaired) electrons. The van der Waals surface area contributed by atoms with E-state index in [4.69, 9.17) is 4.74 Å². The van der Waals surface area contributed by atoms with Crippen molar-refractivity contribution in [3.63, 3.8) is 0 Å². The molecule has 3 aliphatic rings. The largest absolute Gasteiger partial charge is 0.385 e. The predicted octanol–water partition coefficient (Wildman–Crippen LogP) is 1.46. The summed E-state index contributed by atoms with van der Waals surface area (Å²) < 4.78 is 5.20. The minimum atomic E-state index is -0.592. The van der Waals surface area contributed by atoms with Crippen molar-refractivity contribution in [3.8, 4) is 0 Å². The molecule has 5 nitrogen and oxygen atoms in total. The highest BCUT2D eigenvalue weighted by molar-refractivity contribution is 5.93. The van der Waals surface area contributed by atoms with Gasteiger partial charge in [-0.3, -0.25) is 9.59 Å². The molecule has 3 rings (SSSR count). The molecule has 21 heavy (non-hydrogen) atoms. The monoisotopic (exact) mass is 294 g/mol. The van der Waals surface area contributed by atoms with Gasteiger partial charge < -0.3 is 15.0 Å². The third-order valence-electron chi connectivity index (χ3n) is 5.46. The summed E-state index contributed by atoms with van der Waals surface area (Å²) in [7, 11) is 1.73. The van der Waals surface area contributed by atoms with Crippen LogP contribution >= 0.6 is 0 Å². The Bertz CT molecular complexity index is 425. The second kappa shape index (κ2) is 5.59. The molecular formula is C16H26N2O3. The number of hydrogen-bond donors (Lipinski definition) is 1. The smallest absolute Gasteiger partial charge is 0.248 e. The molecule has 0 unspecified atom stereocenters. The average Bonchev–Trinajstić information content (AvgIpc) is 3.10. The van der Waals surface area contributed by atoms with Crippen LogP contribution in [0.15, 0.2) is 0 Å². The first-order valence-electron chi connectivity index (χ1n) is 8.19. The quantitative estimate of drug-likeness (QED) is 0.835. The molecule has 5 heteroatoms. The SMILES string of the molecule is COCCC1(CN2CCC(=O)NC3(CCCC3)C2=O)CC1. The van der Waals surface area contributed by atoms with Crippen LogP contribution in [0.2, 0.25) is 0 Å². The number of hydrogen-bond acceptors (Lipinski definition) is 3. The molecule has 2 aliphatic carbocycles. The van der Waals surface area contributed by atoms with Crippen LogP contribution < -0.4 is 5.32 Å². The molecule has 0 bridgehead atoms. The van der Waals surface area contributed by atoms with E-state index in [1.807, 2.05) is 4.90 Å². The van der Waals surface area contributed by atoms with Crippen molar-refractivity contribution in [2.45, 2.75) is 56.9 Å². The van der Waals surface area contributed by atoms with Crippen LogP contribution in [0.1, 0.15) is 51.4 Å². The fourth-order valence-corrected chi connectivity index (χ4v) is 3.88. The molecule has 1 aliphatic heterocycles. The molecule has 1 N–H and O–H groups in total. The van der Waals surface area contributed by atoms with Crippen LogP contribution in [0.25, 0.3) is 0 Å². The van der Waals surface area contributed by atoms with Crippen molar-refractivity contribution in [1.29, 1.82) is 0 Å². The molecule has 1 saturated heterocycles. The van der Waals surface area contributed by atoms with Gasteiger partial charge in [0.2, 0.25) is 11.8 Å². The zero-order chi connectivity index (χ0) is 14.9. The minimum absolute atomic E-state index is 0.0366. The van der Waals surface area contributed by atoms with Crippen molar-refractivity contribution in [2.24, 2.45) is 5.41 Å². The topological polar surface area (TPSA) is 58.6 Å². The third kappa shape index (κ3) is 2.93. The van der Waals surface area contributed by atoms with Gasteiger partial charge in [-0.25, -0.2) is 0 Å². The van der Waals surface area contributed by atoms with Crippen LogP contribution in [0.5, 0.6) is 0 Å². The Balaban J connectivity index is 1.72. The zero-order valence-corrected chi connectivity index (χ0v) is 13.0. The molecule has 0 aromatic heterocycles. The molecule has 2 amide bonds. The lowest BCUT2D eigenvalue weighted by atomic mass is 9.94. The Morgan fingerprint density at radius 1 is 1.19 bits per heavy atom. The third-order valence-corrected chi connectivity index (χ3v) is 5.46. The first-order valence-corrected chi connectivity index (χ1v) is 8.19. The van der Waals surface area contributed by atoms with Crippen LogP contribution in [0, 0.1) is 5.41 Å². The van der Waals surface area contributed by atoms with Gasteiger partial charge >= 0.3 is 0 Å². The summed E-state index contributed by atoms with van der Waals surface area (Å²) in [6.45, 7) is 2.12. The molecule has 0 aromatic rings. The second-order valence-corrected chi connectivity index (χ2v) is 7.06. The highest BCUT2D eigenvalue weighted by Crippen LogP contribution is 2.50. The van der Waals surface area contributed by atoms with Gasteiger partial charge in [-0.05, 0) is 37.5 Å². The lowest BCUT2D eigenvalue weighted by Gasteiger charge is -2.34. The van der Waals surface area contributed by atoms with Gasteiger partial charge in [0.15, 0.2) is 0 Å². The number of carbonyl (C=O) groups is 2. The summed E-state index contributed by atoms with van der Waals surface area (Å²) in [5, 5.41) is 3.03. The van der Waals surface area contributed by atoms with E-state index in [1.165, 1.54) is 12.8 Å². The molecular weight excluding hydrogens is 268 g/mol. The van der Waals surface area contributed by atoms with Gasteiger partial charge in [-0.2, -0.15) is 0 Å². The predicted molar refractivity (Wildman–Crippen MR) is 78.7 cm³/mol. The second-order valence-electron chi connectivity index (χ2n) is 7.06. The van der Waals surface area contributed by atoms with Gasteiger partial charge in [0.05, 0.1) is 0 Å². The summed E-state index contributed by atoms with van der Waals surface area (Å²) in [5.41, 5.74) is -0.343. The first kappa shape index (κ1) is 14.8. The minimum Gasteiger partial charge on any atom is -0.385 e. The lowest BCUT2D eigenvalue weighted by Crippen LogP contribution is -2.56. The molecule has 118 valence electrons. The van der Waals surface area contributed by atoms with Crippen molar-refractivity contribution in [3.05, 3.63) is 0 Å². The van der Waals surface area contributed by atoms with Crippen LogP contribution in [-0.4, -0.2) is 49.1 Å². The summed E-state index contributed by atoms with van der Waals surface area (Å²) in [6, 6.07) is 0. The molecule has 3 fully saturated rings. The van der Waals surface area contributed by atoms with E-state index in [1.54, 1.807) is 7.11 Å². The Kier molecular flexibility index (Phi) is 3.95. The van der Waals surface area contributed by atoms with Gasteiger partial charge in [-0.15, -0.1) is 0 Å². The van der Waals surface area contributed by atoms with E-state index >= 15 is 0 Å². The van der Waals surface area contributed by atoms with Gasteiger partial charge in [0.25, 0.3) is 0 Å². The van der Waals surface area contributed by atoms with Crippen molar-refractivity contribution >= 4 is 11.8 Å². The van der Waals surface area contributed by atoms with Gasteiger partial charge in [0, 0.05) is 33.2 Å². The number of nitrogens with zero attached hydrogens (tertiary/aromatic N) is 1. The summed E-state index contributed by atoms with van der Waals surface area (Å²) in [6.07, 6.45) is 7.49. The normalized spacial score (nSPS) is 26.8. The number of amides is 2. The fourth-order valence-electron chi connectivity index (χ4n) is 3.88. The lowest BCUT2D eigenvalue weighted by molar-refractivity contribution is -0.139. The Morgan fingerprint density at radius 2 is 1.90 bits per heavy atom. The van der Waals surface area contributed by atoms with Crippen molar-refractivity contribution < 1.29 is 14.3 Å². The summed E-state index contributed by atoms with van der Waals surface area (Å²) in [5.74, 6) is 0.198. The highest BCUT2D eigenvalue weighted by atomic mass is 16.5. The van der Waals surface area contributed by atoms with Gasteiger partial charge in [-0.1, -0.05) is 12.8 Å². The maximum Gasteiger partial charge on any atom is 0.248 e. The van der Waals surface area contributed by atoms with Crippen molar-refractivity contribution in [1.82, 2.24) is 10.2 Å². The van der Waals surface area contributed by atoms with Crippen molar-refractivity contribution in [2.75, 3.05) is 26.8 Å². The zero-order valence-electron chi connectivity index (χ0n) is 13.0. The van der Waals surface area contributed by atoms with Crippen LogP contribution in [0.4, 0.5) is 0 Å². The number of rotatable bonds is 5. The number of ether oxygens (including phenoxy) is 1.